The molecule has 5 rings (SSSR count). The SMILES string of the molecule is Cc1cc(N=C2NC(=O)/C(=C/c3c(C)n(Cc4ccc(Cl)cc4)c4ccccc34)S2)cc(C)c1Br. The summed E-state index contributed by atoms with van der Waals surface area (Å²) < 4.78 is 3.36. The minimum absolute atomic E-state index is 0.131. The van der Waals surface area contributed by atoms with Crippen LogP contribution in [0.4, 0.5) is 5.69 Å². The number of halogens is 2. The third kappa shape index (κ3) is 4.83. The van der Waals surface area contributed by atoms with E-state index in [9.17, 15) is 4.79 Å². The number of hydrogen-bond donors (Lipinski definition) is 1. The van der Waals surface area contributed by atoms with Crippen LogP contribution in [0.1, 0.15) is 27.9 Å². The molecule has 1 N–H and O–H groups in total. The first-order chi connectivity index (χ1) is 16.8. The van der Waals surface area contributed by atoms with E-state index >= 15 is 0 Å². The van der Waals surface area contributed by atoms with Crippen molar-refractivity contribution >= 4 is 73.0 Å². The van der Waals surface area contributed by atoms with Gasteiger partial charge in [0.25, 0.3) is 5.91 Å². The van der Waals surface area contributed by atoms with Gasteiger partial charge in [-0.1, -0.05) is 57.9 Å². The van der Waals surface area contributed by atoms with Crippen LogP contribution in [0.3, 0.4) is 0 Å². The van der Waals surface area contributed by atoms with Gasteiger partial charge in [-0.3, -0.25) is 4.79 Å². The largest absolute Gasteiger partial charge is 0.340 e. The quantitative estimate of drug-likeness (QED) is 0.256. The highest BCUT2D eigenvalue weighted by molar-refractivity contribution is 9.10. The van der Waals surface area contributed by atoms with E-state index in [4.69, 9.17) is 11.6 Å². The zero-order valence-electron chi connectivity index (χ0n) is 19.5. The number of aryl methyl sites for hydroxylation is 2. The molecule has 0 spiro atoms. The number of carbonyl (C=O) groups is 1. The lowest BCUT2D eigenvalue weighted by atomic mass is 10.1. The Kier molecular flexibility index (Phi) is 6.62. The van der Waals surface area contributed by atoms with E-state index in [2.05, 4.69) is 49.9 Å². The fourth-order valence-electron chi connectivity index (χ4n) is 4.33. The van der Waals surface area contributed by atoms with Crippen molar-refractivity contribution in [3.63, 3.8) is 0 Å². The van der Waals surface area contributed by atoms with Gasteiger partial charge in [0.15, 0.2) is 5.17 Å². The van der Waals surface area contributed by atoms with E-state index in [0.29, 0.717) is 10.1 Å². The summed E-state index contributed by atoms with van der Waals surface area (Å²) in [5.41, 5.74) is 7.49. The summed E-state index contributed by atoms with van der Waals surface area (Å²) in [6.45, 7) is 6.90. The predicted molar refractivity (Wildman–Crippen MR) is 152 cm³/mol. The number of para-hydroxylation sites is 1. The Morgan fingerprint density at radius 2 is 1.74 bits per heavy atom. The van der Waals surface area contributed by atoms with Crippen LogP contribution in [0, 0.1) is 20.8 Å². The van der Waals surface area contributed by atoms with Crippen molar-refractivity contribution in [3.05, 3.63) is 103 Å². The number of rotatable bonds is 4. The number of hydrogen-bond acceptors (Lipinski definition) is 3. The van der Waals surface area contributed by atoms with Gasteiger partial charge in [0.2, 0.25) is 0 Å². The molecule has 0 unspecified atom stereocenters. The second kappa shape index (κ2) is 9.69. The lowest BCUT2D eigenvalue weighted by Gasteiger charge is -2.09. The van der Waals surface area contributed by atoms with Gasteiger partial charge in [-0.25, -0.2) is 4.99 Å². The number of amidine groups is 1. The Morgan fingerprint density at radius 3 is 2.46 bits per heavy atom. The summed E-state index contributed by atoms with van der Waals surface area (Å²) in [5, 5.41) is 5.35. The Morgan fingerprint density at radius 1 is 1.06 bits per heavy atom. The van der Waals surface area contributed by atoms with E-state index in [1.165, 1.54) is 17.3 Å². The van der Waals surface area contributed by atoms with E-state index < -0.39 is 0 Å². The zero-order valence-corrected chi connectivity index (χ0v) is 22.7. The molecule has 1 aliphatic rings. The first kappa shape index (κ1) is 23.9. The molecule has 0 bridgehead atoms. The molecule has 1 aliphatic heterocycles. The molecule has 2 heterocycles. The first-order valence-electron chi connectivity index (χ1n) is 11.2. The number of aliphatic imine (C=N–C) groups is 1. The third-order valence-electron chi connectivity index (χ3n) is 6.11. The maximum absolute atomic E-state index is 12.8. The van der Waals surface area contributed by atoms with E-state index in [0.717, 1.165) is 55.0 Å². The van der Waals surface area contributed by atoms with Crippen LogP contribution >= 0.6 is 39.3 Å². The standard InChI is InChI=1S/C28H23BrClN3OS/c1-16-12-21(13-17(2)26(16)29)31-28-32-27(34)25(35-28)14-23-18(3)33(24-7-5-4-6-22(23)24)15-19-8-10-20(30)11-9-19/h4-14H,15H2,1-3H3,(H,31,32,34)/b25-14-. The Labute approximate surface area is 222 Å². The first-order valence-corrected chi connectivity index (χ1v) is 13.2. The van der Waals surface area contributed by atoms with E-state index in [1.807, 2.05) is 68.5 Å². The van der Waals surface area contributed by atoms with Crippen LogP contribution in [-0.2, 0) is 11.3 Å². The fraction of sp³-hybridized carbons (Fsp3) is 0.143. The monoisotopic (exact) mass is 563 g/mol. The van der Waals surface area contributed by atoms with Gasteiger partial charge in [0.05, 0.1) is 10.6 Å². The number of fused-ring (bicyclic) bond motifs is 1. The summed E-state index contributed by atoms with van der Waals surface area (Å²) in [7, 11) is 0. The van der Waals surface area contributed by atoms with Gasteiger partial charge in [-0.2, -0.15) is 0 Å². The van der Waals surface area contributed by atoms with Crippen molar-refractivity contribution in [2.75, 3.05) is 0 Å². The predicted octanol–water partition coefficient (Wildman–Crippen LogP) is 7.92. The van der Waals surface area contributed by atoms with E-state index in [-0.39, 0.29) is 5.91 Å². The minimum atomic E-state index is -0.131. The van der Waals surface area contributed by atoms with E-state index in [1.54, 1.807) is 0 Å². The van der Waals surface area contributed by atoms with Crippen molar-refractivity contribution in [3.8, 4) is 0 Å². The molecule has 176 valence electrons. The van der Waals surface area contributed by atoms with Crippen LogP contribution in [0.15, 0.2) is 75.0 Å². The maximum atomic E-state index is 12.8. The highest BCUT2D eigenvalue weighted by atomic mass is 79.9. The molecule has 7 heteroatoms. The Bertz CT molecular complexity index is 1510. The molecule has 4 aromatic rings. The fourth-order valence-corrected chi connectivity index (χ4v) is 5.51. The number of thioether (sulfide) groups is 1. The lowest BCUT2D eigenvalue weighted by Crippen LogP contribution is -2.19. The number of carbonyl (C=O) groups excluding carboxylic acids is 1. The van der Waals surface area contributed by atoms with Crippen molar-refractivity contribution < 1.29 is 4.79 Å². The molecule has 4 nitrogen and oxygen atoms in total. The molecule has 1 saturated heterocycles. The van der Waals surface area contributed by atoms with Crippen LogP contribution < -0.4 is 5.32 Å². The third-order valence-corrected chi connectivity index (χ3v) is 8.52. The molecule has 1 fully saturated rings. The summed E-state index contributed by atoms with van der Waals surface area (Å²) in [6, 6.07) is 20.2. The molecular formula is C28H23BrClN3OS. The summed E-state index contributed by atoms with van der Waals surface area (Å²) in [4.78, 5) is 18.2. The van der Waals surface area contributed by atoms with Gasteiger partial charge in [-0.05, 0) is 85.6 Å². The molecule has 3 aromatic carbocycles. The van der Waals surface area contributed by atoms with Crippen LogP contribution in [-0.4, -0.2) is 15.6 Å². The average Bonchev–Trinajstić information content (AvgIpc) is 3.30. The van der Waals surface area contributed by atoms with Gasteiger partial charge in [0, 0.05) is 38.2 Å². The normalized spacial score (nSPS) is 16.0. The summed E-state index contributed by atoms with van der Waals surface area (Å²) >= 11 is 11.0. The molecule has 0 atom stereocenters. The number of nitrogens with zero attached hydrogens (tertiary/aromatic N) is 2. The van der Waals surface area contributed by atoms with Gasteiger partial charge >= 0.3 is 0 Å². The number of benzene rings is 3. The average molecular weight is 565 g/mol. The Balaban J connectivity index is 1.51. The molecule has 1 aromatic heterocycles. The van der Waals surface area contributed by atoms with Crippen molar-refractivity contribution in [1.29, 1.82) is 0 Å². The highest BCUT2D eigenvalue weighted by Gasteiger charge is 2.25. The maximum Gasteiger partial charge on any atom is 0.264 e. The van der Waals surface area contributed by atoms with Crippen LogP contribution in [0.25, 0.3) is 17.0 Å². The minimum Gasteiger partial charge on any atom is -0.340 e. The second-order valence-electron chi connectivity index (χ2n) is 8.60. The number of nitrogens with one attached hydrogen (secondary N) is 1. The van der Waals surface area contributed by atoms with Gasteiger partial charge < -0.3 is 9.88 Å². The molecule has 35 heavy (non-hydrogen) atoms. The number of amides is 1. The molecule has 0 aliphatic carbocycles. The van der Waals surface area contributed by atoms with Gasteiger partial charge in [-0.15, -0.1) is 0 Å². The number of aromatic nitrogens is 1. The van der Waals surface area contributed by atoms with Crippen LogP contribution in [0.5, 0.6) is 0 Å². The molecule has 0 saturated carbocycles. The highest BCUT2D eigenvalue weighted by Crippen LogP contribution is 2.34. The summed E-state index contributed by atoms with van der Waals surface area (Å²) in [6.07, 6.45) is 1.98. The van der Waals surface area contributed by atoms with Crippen molar-refractivity contribution in [2.24, 2.45) is 4.99 Å². The smallest absolute Gasteiger partial charge is 0.264 e. The molecule has 0 radical (unpaired) electrons. The Hall–Kier alpha value is -2.80. The van der Waals surface area contributed by atoms with Gasteiger partial charge in [0.1, 0.15) is 0 Å². The van der Waals surface area contributed by atoms with Crippen molar-refractivity contribution in [1.82, 2.24) is 9.88 Å². The lowest BCUT2D eigenvalue weighted by molar-refractivity contribution is -0.115. The second-order valence-corrected chi connectivity index (χ2v) is 10.9. The topological polar surface area (TPSA) is 46.4 Å². The van der Waals surface area contributed by atoms with Crippen molar-refractivity contribution in [2.45, 2.75) is 27.3 Å². The molecular weight excluding hydrogens is 542 g/mol. The summed E-state index contributed by atoms with van der Waals surface area (Å²) in [5.74, 6) is -0.131. The molecule has 1 amide bonds. The zero-order chi connectivity index (χ0) is 24.7. The van der Waals surface area contributed by atoms with Crippen LogP contribution in [0.2, 0.25) is 5.02 Å².